The molecule has 0 radical (unpaired) electrons. The van der Waals surface area contributed by atoms with Gasteiger partial charge in [-0.1, -0.05) is 48.2 Å². The van der Waals surface area contributed by atoms with Crippen LogP contribution in [0.1, 0.15) is 0 Å². The van der Waals surface area contributed by atoms with Gasteiger partial charge in [-0.25, -0.2) is 4.98 Å². The molecular formula is C14H11BrN2S. The Kier molecular flexibility index (Phi) is 3.14. The molecule has 0 aliphatic carbocycles. The van der Waals surface area contributed by atoms with Gasteiger partial charge in [0.05, 0.1) is 11.9 Å². The van der Waals surface area contributed by atoms with E-state index >= 15 is 0 Å². The summed E-state index contributed by atoms with van der Waals surface area (Å²) in [5.74, 6) is 0. The summed E-state index contributed by atoms with van der Waals surface area (Å²) in [7, 11) is 0. The molecule has 0 aliphatic heterocycles. The Morgan fingerprint density at radius 2 is 1.89 bits per heavy atom. The molecule has 0 spiro atoms. The van der Waals surface area contributed by atoms with Crippen LogP contribution in [0.5, 0.6) is 0 Å². The maximum absolute atomic E-state index is 4.40. The van der Waals surface area contributed by atoms with Gasteiger partial charge in [0.25, 0.3) is 0 Å². The van der Waals surface area contributed by atoms with Gasteiger partial charge in [0.15, 0.2) is 5.16 Å². The second kappa shape index (κ2) is 4.78. The van der Waals surface area contributed by atoms with Crippen LogP contribution >= 0.6 is 27.7 Å². The van der Waals surface area contributed by atoms with E-state index in [0.29, 0.717) is 0 Å². The molecule has 0 unspecified atom stereocenters. The van der Waals surface area contributed by atoms with Gasteiger partial charge in [-0.15, -0.1) is 0 Å². The van der Waals surface area contributed by atoms with Crippen molar-refractivity contribution in [3.63, 3.8) is 0 Å². The van der Waals surface area contributed by atoms with E-state index < -0.39 is 0 Å². The second-order valence-corrected chi connectivity index (χ2v) is 5.49. The minimum absolute atomic E-state index is 0.975. The summed E-state index contributed by atoms with van der Waals surface area (Å²) in [5, 5.41) is 3.45. The largest absolute Gasteiger partial charge is 0.281 e. The third kappa shape index (κ3) is 1.85. The monoisotopic (exact) mass is 318 g/mol. The van der Waals surface area contributed by atoms with Crippen LogP contribution < -0.4 is 0 Å². The lowest BCUT2D eigenvalue weighted by molar-refractivity contribution is 0.890. The van der Waals surface area contributed by atoms with E-state index in [0.717, 1.165) is 15.4 Å². The van der Waals surface area contributed by atoms with Crippen LogP contribution in [-0.4, -0.2) is 15.8 Å². The molecule has 3 aromatic rings. The zero-order valence-electron chi connectivity index (χ0n) is 9.80. The van der Waals surface area contributed by atoms with Crippen molar-refractivity contribution in [2.45, 2.75) is 5.16 Å². The van der Waals surface area contributed by atoms with Crippen molar-refractivity contribution in [3.8, 4) is 5.69 Å². The minimum atomic E-state index is 0.975. The minimum Gasteiger partial charge on any atom is -0.281 e. The number of nitrogens with zero attached hydrogens (tertiary/aromatic N) is 2. The first-order chi connectivity index (χ1) is 8.81. The highest BCUT2D eigenvalue weighted by Gasteiger charge is 2.11. The Bertz CT molecular complexity index is 701. The smallest absolute Gasteiger partial charge is 0.173 e. The third-order valence-electron chi connectivity index (χ3n) is 2.88. The molecule has 0 amide bonds. The van der Waals surface area contributed by atoms with Gasteiger partial charge in [-0.3, -0.25) is 4.57 Å². The Morgan fingerprint density at radius 3 is 2.72 bits per heavy atom. The number of halogens is 1. The normalized spacial score (nSPS) is 11.0. The fourth-order valence-electron chi connectivity index (χ4n) is 2.08. The van der Waals surface area contributed by atoms with Crippen LogP contribution in [0.25, 0.3) is 16.5 Å². The van der Waals surface area contributed by atoms with Crippen LogP contribution in [0, 0.1) is 0 Å². The summed E-state index contributed by atoms with van der Waals surface area (Å²) >= 11 is 5.21. The molecule has 4 heteroatoms. The lowest BCUT2D eigenvalue weighted by Crippen LogP contribution is -1.97. The maximum atomic E-state index is 4.40. The van der Waals surface area contributed by atoms with Crippen LogP contribution in [0.3, 0.4) is 0 Å². The first-order valence-electron chi connectivity index (χ1n) is 5.56. The summed E-state index contributed by atoms with van der Waals surface area (Å²) in [6, 6.07) is 14.7. The number of hydrogen-bond donors (Lipinski definition) is 0. The molecule has 0 saturated carbocycles. The molecule has 2 nitrogen and oxygen atoms in total. The molecule has 3 rings (SSSR count). The van der Waals surface area contributed by atoms with Gasteiger partial charge in [0, 0.05) is 5.39 Å². The van der Waals surface area contributed by atoms with Crippen molar-refractivity contribution < 1.29 is 0 Å². The second-order valence-electron chi connectivity index (χ2n) is 3.90. The van der Waals surface area contributed by atoms with E-state index in [4.69, 9.17) is 0 Å². The van der Waals surface area contributed by atoms with Crippen molar-refractivity contribution in [1.29, 1.82) is 0 Å². The van der Waals surface area contributed by atoms with Gasteiger partial charge < -0.3 is 0 Å². The van der Waals surface area contributed by atoms with Crippen LogP contribution in [0.2, 0.25) is 0 Å². The first-order valence-corrected chi connectivity index (χ1v) is 7.58. The first kappa shape index (κ1) is 11.8. The van der Waals surface area contributed by atoms with Crippen molar-refractivity contribution in [2.75, 3.05) is 6.26 Å². The molecule has 2 aromatic carbocycles. The lowest BCUT2D eigenvalue weighted by atomic mass is 10.1. The summed E-state index contributed by atoms with van der Waals surface area (Å²) in [5.41, 5.74) is 1.15. The molecule has 0 saturated heterocycles. The van der Waals surface area contributed by atoms with Gasteiger partial charge in [-0.2, -0.15) is 0 Å². The molecule has 1 heterocycles. The van der Waals surface area contributed by atoms with E-state index in [1.807, 2.05) is 12.5 Å². The molecule has 0 fully saturated rings. The van der Waals surface area contributed by atoms with E-state index in [2.05, 4.69) is 67.9 Å². The lowest BCUT2D eigenvalue weighted by Gasteiger charge is -2.11. The predicted octanol–water partition coefficient (Wildman–Crippen LogP) is 4.51. The molecule has 0 atom stereocenters. The third-order valence-corrected chi connectivity index (χ3v) is 4.09. The molecule has 0 N–H and O–H groups in total. The van der Waals surface area contributed by atoms with Crippen molar-refractivity contribution in [1.82, 2.24) is 9.55 Å². The van der Waals surface area contributed by atoms with E-state index in [-0.39, 0.29) is 0 Å². The topological polar surface area (TPSA) is 17.8 Å². The molecule has 0 aliphatic rings. The summed E-state index contributed by atoms with van der Waals surface area (Å²) < 4.78 is 3.11. The average molecular weight is 319 g/mol. The summed E-state index contributed by atoms with van der Waals surface area (Å²) in [6.07, 6.45) is 3.88. The highest BCUT2D eigenvalue weighted by atomic mass is 79.9. The van der Waals surface area contributed by atoms with Gasteiger partial charge in [0.2, 0.25) is 0 Å². The SMILES string of the molecule is CSc1ncc(Br)n1-c1cccc2ccccc12. The Hall–Kier alpha value is -1.26. The summed E-state index contributed by atoms with van der Waals surface area (Å²) in [4.78, 5) is 4.40. The van der Waals surface area contributed by atoms with Crippen molar-refractivity contribution in [2.24, 2.45) is 0 Å². The van der Waals surface area contributed by atoms with Crippen molar-refractivity contribution in [3.05, 3.63) is 53.3 Å². The molecule has 0 bridgehead atoms. The van der Waals surface area contributed by atoms with Gasteiger partial charge >= 0.3 is 0 Å². The highest BCUT2D eigenvalue weighted by Crippen LogP contribution is 2.29. The Balaban J connectivity index is 2.35. The number of aromatic nitrogens is 2. The van der Waals surface area contributed by atoms with E-state index in [1.165, 1.54) is 10.8 Å². The fourth-order valence-corrected chi connectivity index (χ4v) is 3.20. The van der Waals surface area contributed by atoms with Crippen LogP contribution in [0.4, 0.5) is 0 Å². The zero-order chi connectivity index (χ0) is 12.5. The van der Waals surface area contributed by atoms with Crippen molar-refractivity contribution >= 4 is 38.5 Å². The number of fused-ring (bicyclic) bond motifs is 1. The van der Waals surface area contributed by atoms with Crippen LogP contribution in [-0.2, 0) is 0 Å². The van der Waals surface area contributed by atoms with E-state index in [9.17, 15) is 0 Å². The molecular weight excluding hydrogens is 308 g/mol. The quantitative estimate of drug-likeness (QED) is 0.647. The predicted molar refractivity (Wildman–Crippen MR) is 80.6 cm³/mol. The molecule has 90 valence electrons. The number of hydrogen-bond acceptors (Lipinski definition) is 2. The molecule has 1 aromatic heterocycles. The van der Waals surface area contributed by atoms with Crippen LogP contribution in [0.15, 0.2) is 58.4 Å². The fraction of sp³-hybridized carbons (Fsp3) is 0.0714. The number of thioether (sulfide) groups is 1. The highest BCUT2D eigenvalue weighted by molar-refractivity contribution is 9.10. The number of rotatable bonds is 2. The summed E-state index contributed by atoms with van der Waals surface area (Å²) in [6.45, 7) is 0. The molecule has 18 heavy (non-hydrogen) atoms. The van der Waals surface area contributed by atoms with Gasteiger partial charge in [0.1, 0.15) is 4.60 Å². The standard InChI is InChI=1S/C14H11BrN2S/c1-18-14-16-9-13(15)17(14)12-8-4-6-10-5-2-3-7-11(10)12/h2-9H,1H3. The van der Waals surface area contributed by atoms with E-state index in [1.54, 1.807) is 11.8 Å². The number of benzene rings is 2. The Morgan fingerprint density at radius 1 is 1.11 bits per heavy atom. The maximum Gasteiger partial charge on any atom is 0.173 e. The zero-order valence-corrected chi connectivity index (χ0v) is 12.2. The Labute approximate surface area is 118 Å². The average Bonchev–Trinajstić information content (AvgIpc) is 2.79. The van der Waals surface area contributed by atoms with Gasteiger partial charge in [-0.05, 0) is 33.6 Å². The number of imidazole rings is 1.